The van der Waals surface area contributed by atoms with Gasteiger partial charge in [0.05, 0.1) is 12.8 Å². The third-order valence-corrected chi connectivity index (χ3v) is 4.46. The summed E-state index contributed by atoms with van der Waals surface area (Å²) in [6, 6.07) is 6.47. The highest BCUT2D eigenvalue weighted by molar-refractivity contribution is 7.80. The largest absolute Gasteiger partial charge is 0.495 e. The van der Waals surface area contributed by atoms with Crippen molar-refractivity contribution >= 4 is 34.6 Å². The molecule has 0 amide bonds. The van der Waals surface area contributed by atoms with Gasteiger partial charge in [0.2, 0.25) is 0 Å². The van der Waals surface area contributed by atoms with Crippen LogP contribution in [0.4, 0.5) is 5.69 Å². The molecule has 6 heteroatoms. The molecule has 2 rings (SSSR count). The van der Waals surface area contributed by atoms with Crippen LogP contribution in [-0.4, -0.2) is 42.3 Å². The number of piperidine rings is 1. The van der Waals surface area contributed by atoms with Crippen LogP contribution < -0.4 is 15.4 Å². The Morgan fingerprint density at radius 1 is 1.36 bits per heavy atom. The number of nitrogens with zero attached hydrogens (tertiary/aromatic N) is 1. The third kappa shape index (κ3) is 4.73. The lowest BCUT2D eigenvalue weighted by molar-refractivity contribution is 0.168. The van der Waals surface area contributed by atoms with Crippen LogP contribution in [0.3, 0.4) is 0 Å². The fourth-order valence-corrected chi connectivity index (χ4v) is 3.13. The molecule has 0 aliphatic carbocycles. The molecule has 0 bridgehead atoms. The summed E-state index contributed by atoms with van der Waals surface area (Å²) in [7, 11) is 1.63. The minimum Gasteiger partial charge on any atom is -0.495 e. The van der Waals surface area contributed by atoms with E-state index in [9.17, 15) is 0 Å². The van der Waals surface area contributed by atoms with Crippen molar-refractivity contribution < 1.29 is 4.74 Å². The van der Waals surface area contributed by atoms with Crippen LogP contribution in [0.1, 0.15) is 26.7 Å². The Bertz CT molecular complexity index is 516. The molecule has 1 heterocycles. The molecule has 22 heavy (non-hydrogen) atoms. The van der Waals surface area contributed by atoms with E-state index in [1.807, 2.05) is 12.1 Å². The van der Waals surface area contributed by atoms with Gasteiger partial charge in [0.25, 0.3) is 0 Å². The monoisotopic (exact) mass is 341 g/mol. The molecule has 1 fully saturated rings. The highest BCUT2D eigenvalue weighted by atomic mass is 35.5. The van der Waals surface area contributed by atoms with Crippen molar-refractivity contribution in [2.24, 2.45) is 0 Å². The number of ether oxygens (including phenoxy) is 1. The summed E-state index contributed by atoms with van der Waals surface area (Å²) in [4.78, 5) is 2.49. The van der Waals surface area contributed by atoms with Crippen LogP contribution in [0.5, 0.6) is 5.75 Å². The molecule has 1 aromatic carbocycles. The first-order valence-electron chi connectivity index (χ1n) is 7.64. The maximum absolute atomic E-state index is 6.03. The Labute approximate surface area is 143 Å². The predicted molar refractivity (Wildman–Crippen MR) is 97.1 cm³/mol. The maximum Gasteiger partial charge on any atom is 0.171 e. The summed E-state index contributed by atoms with van der Waals surface area (Å²) in [5, 5.41) is 7.84. The zero-order valence-electron chi connectivity index (χ0n) is 13.4. The SMILES string of the molecule is COc1ccc(Cl)cc1NC(=S)NC1CCN(C(C)C)CC1. The fraction of sp³-hybridized carbons (Fsp3) is 0.562. The first kappa shape index (κ1) is 17.3. The highest BCUT2D eigenvalue weighted by Crippen LogP contribution is 2.27. The van der Waals surface area contributed by atoms with Gasteiger partial charge in [0.1, 0.15) is 5.75 Å². The van der Waals surface area contributed by atoms with Crippen molar-refractivity contribution in [1.29, 1.82) is 0 Å². The molecule has 0 aromatic heterocycles. The molecule has 4 nitrogen and oxygen atoms in total. The van der Waals surface area contributed by atoms with Crippen LogP contribution in [0.15, 0.2) is 18.2 Å². The van der Waals surface area contributed by atoms with Crippen LogP contribution in [0.2, 0.25) is 5.02 Å². The molecule has 1 saturated heterocycles. The number of hydrogen-bond acceptors (Lipinski definition) is 3. The van der Waals surface area contributed by atoms with E-state index < -0.39 is 0 Å². The topological polar surface area (TPSA) is 36.5 Å². The van der Waals surface area contributed by atoms with Crippen LogP contribution in [-0.2, 0) is 0 Å². The Balaban J connectivity index is 1.87. The van der Waals surface area contributed by atoms with E-state index in [0.29, 0.717) is 22.2 Å². The van der Waals surface area contributed by atoms with E-state index in [2.05, 4.69) is 29.4 Å². The zero-order valence-corrected chi connectivity index (χ0v) is 14.9. The summed E-state index contributed by atoms with van der Waals surface area (Å²) >= 11 is 11.4. The van der Waals surface area contributed by atoms with Gasteiger partial charge in [-0.25, -0.2) is 0 Å². The quantitative estimate of drug-likeness (QED) is 0.820. The number of nitrogens with one attached hydrogen (secondary N) is 2. The van der Waals surface area contributed by atoms with Crippen molar-refractivity contribution in [1.82, 2.24) is 10.2 Å². The highest BCUT2D eigenvalue weighted by Gasteiger charge is 2.21. The van der Waals surface area contributed by atoms with E-state index in [4.69, 9.17) is 28.6 Å². The van der Waals surface area contributed by atoms with Gasteiger partial charge in [-0.15, -0.1) is 0 Å². The van der Waals surface area contributed by atoms with E-state index in [-0.39, 0.29) is 0 Å². The molecule has 1 aliphatic heterocycles. The Morgan fingerprint density at radius 2 is 2.05 bits per heavy atom. The summed E-state index contributed by atoms with van der Waals surface area (Å²) in [6.07, 6.45) is 2.21. The van der Waals surface area contributed by atoms with Gasteiger partial charge in [-0.2, -0.15) is 0 Å². The third-order valence-electron chi connectivity index (χ3n) is 4.00. The zero-order chi connectivity index (χ0) is 16.1. The molecule has 1 aromatic rings. The standard InChI is InChI=1S/C16H24ClN3OS/c1-11(2)20-8-6-13(7-9-20)18-16(22)19-14-10-12(17)4-5-15(14)21-3/h4-5,10-11,13H,6-9H2,1-3H3,(H2,18,19,22). The number of likely N-dealkylation sites (tertiary alicyclic amines) is 1. The summed E-state index contributed by atoms with van der Waals surface area (Å²) in [5.41, 5.74) is 0.784. The van der Waals surface area contributed by atoms with E-state index in [0.717, 1.165) is 37.4 Å². The second-order valence-electron chi connectivity index (χ2n) is 5.85. The molecule has 0 unspecified atom stereocenters. The lowest BCUT2D eigenvalue weighted by atomic mass is 10.0. The van der Waals surface area contributed by atoms with Gasteiger partial charge in [0, 0.05) is 30.2 Å². The summed E-state index contributed by atoms with van der Waals surface area (Å²) in [5.74, 6) is 0.725. The van der Waals surface area contributed by atoms with Crippen molar-refractivity contribution in [3.05, 3.63) is 23.2 Å². The number of anilines is 1. The molecule has 0 saturated carbocycles. The minimum absolute atomic E-state index is 0.417. The predicted octanol–water partition coefficient (Wildman–Crippen LogP) is 3.51. The summed E-state index contributed by atoms with van der Waals surface area (Å²) in [6.45, 7) is 6.70. The molecule has 0 radical (unpaired) electrons. The van der Waals surface area contributed by atoms with Gasteiger partial charge in [-0.3, -0.25) is 0 Å². The Hall–Kier alpha value is -1.04. The Morgan fingerprint density at radius 3 is 2.64 bits per heavy atom. The molecular weight excluding hydrogens is 318 g/mol. The number of halogens is 1. The first-order valence-corrected chi connectivity index (χ1v) is 8.43. The number of thiocarbonyl (C=S) groups is 1. The van der Waals surface area contributed by atoms with Gasteiger partial charge in [0.15, 0.2) is 5.11 Å². The molecule has 2 N–H and O–H groups in total. The lowest BCUT2D eigenvalue weighted by Crippen LogP contribution is -2.47. The molecule has 122 valence electrons. The van der Waals surface area contributed by atoms with Crippen LogP contribution in [0, 0.1) is 0 Å². The second kappa shape index (κ2) is 7.99. The smallest absolute Gasteiger partial charge is 0.171 e. The second-order valence-corrected chi connectivity index (χ2v) is 6.69. The van der Waals surface area contributed by atoms with Crippen molar-refractivity contribution in [3.8, 4) is 5.75 Å². The van der Waals surface area contributed by atoms with Crippen LogP contribution >= 0.6 is 23.8 Å². The molecule has 0 spiro atoms. The van der Waals surface area contributed by atoms with Gasteiger partial charge < -0.3 is 20.3 Å². The van der Waals surface area contributed by atoms with Crippen LogP contribution in [0.25, 0.3) is 0 Å². The lowest BCUT2D eigenvalue weighted by Gasteiger charge is -2.35. The molecular formula is C16H24ClN3OS. The number of benzene rings is 1. The van der Waals surface area contributed by atoms with E-state index >= 15 is 0 Å². The average molecular weight is 342 g/mol. The fourth-order valence-electron chi connectivity index (χ4n) is 2.68. The van der Waals surface area contributed by atoms with Crippen molar-refractivity contribution in [2.45, 2.75) is 38.8 Å². The number of hydrogen-bond donors (Lipinski definition) is 2. The molecule has 1 aliphatic rings. The van der Waals surface area contributed by atoms with E-state index in [1.165, 1.54) is 0 Å². The number of methoxy groups -OCH3 is 1. The van der Waals surface area contributed by atoms with Crippen molar-refractivity contribution in [2.75, 3.05) is 25.5 Å². The van der Waals surface area contributed by atoms with Gasteiger partial charge >= 0.3 is 0 Å². The minimum atomic E-state index is 0.417. The van der Waals surface area contributed by atoms with E-state index in [1.54, 1.807) is 13.2 Å². The number of rotatable bonds is 4. The average Bonchev–Trinajstić information content (AvgIpc) is 2.48. The maximum atomic E-state index is 6.03. The normalized spacial score (nSPS) is 16.6. The first-order chi connectivity index (χ1) is 10.5. The summed E-state index contributed by atoms with van der Waals surface area (Å²) < 4.78 is 5.32. The molecule has 0 atom stereocenters. The van der Waals surface area contributed by atoms with Gasteiger partial charge in [-0.05, 0) is 57.1 Å². The Kier molecular flexibility index (Phi) is 6.29. The van der Waals surface area contributed by atoms with Crippen molar-refractivity contribution in [3.63, 3.8) is 0 Å². The van der Waals surface area contributed by atoms with Gasteiger partial charge in [-0.1, -0.05) is 11.6 Å².